The molecule has 2 unspecified atom stereocenters. The number of nitriles is 3. The zero-order chi connectivity index (χ0) is 18.9. The number of hydrogen-bond acceptors (Lipinski definition) is 5. The number of quaternary nitrogens is 1. The van der Waals surface area contributed by atoms with Crippen molar-refractivity contribution in [3.63, 3.8) is 0 Å². The van der Waals surface area contributed by atoms with E-state index in [-0.39, 0.29) is 11.6 Å². The van der Waals surface area contributed by atoms with Gasteiger partial charge in [-0.05, 0) is 29.3 Å². The average molecular weight is 346 g/mol. The van der Waals surface area contributed by atoms with Gasteiger partial charge < -0.3 is 15.0 Å². The van der Waals surface area contributed by atoms with E-state index in [0.717, 1.165) is 24.2 Å². The Morgan fingerprint density at radius 1 is 1.19 bits per heavy atom. The van der Waals surface area contributed by atoms with E-state index in [9.17, 15) is 15.8 Å². The molecular weight excluding hydrogens is 326 g/mol. The van der Waals surface area contributed by atoms with Crippen LogP contribution in [0.15, 0.2) is 35.9 Å². The maximum Gasteiger partial charge on any atom is 0.189 e. The highest BCUT2D eigenvalue weighted by Gasteiger charge is 2.58. The SMILES string of the molecule is COc1ccc([C@H]2[C@H]3C[NH+](C)CC=C3C(C#N)C(=N)C2(C#N)C#N)cc1. The number of benzene rings is 1. The van der Waals surface area contributed by atoms with E-state index >= 15 is 0 Å². The van der Waals surface area contributed by atoms with E-state index < -0.39 is 17.3 Å². The second kappa shape index (κ2) is 6.64. The predicted molar refractivity (Wildman–Crippen MR) is 94.4 cm³/mol. The maximum absolute atomic E-state index is 9.94. The lowest BCUT2D eigenvalue weighted by molar-refractivity contribution is -0.878. The molecule has 1 saturated carbocycles. The van der Waals surface area contributed by atoms with Gasteiger partial charge in [-0.25, -0.2) is 0 Å². The number of methoxy groups -OCH3 is 1. The van der Waals surface area contributed by atoms with E-state index in [2.05, 4.69) is 25.3 Å². The molecular formula is C20H20N5O+. The topological polar surface area (TPSA) is 109 Å². The second-order valence-electron chi connectivity index (χ2n) is 6.93. The lowest BCUT2D eigenvalue weighted by Crippen LogP contribution is -3.10. The summed E-state index contributed by atoms with van der Waals surface area (Å²) in [6.07, 6.45) is 2.01. The van der Waals surface area contributed by atoms with Crippen LogP contribution in [0, 0.1) is 56.7 Å². The lowest BCUT2D eigenvalue weighted by atomic mass is 9.54. The van der Waals surface area contributed by atoms with Crippen LogP contribution in [0.4, 0.5) is 0 Å². The third-order valence-electron chi connectivity index (χ3n) is 5.56. The van der Waals surface area contributed by atoms with E-state index in [0.29, 0.717) is 5.75 Å². The zero-order valence-electron chi connectivity index (χ0n) is 14.8. The van der Waals surface area contributed by atoms with Crippen LogP contribution in [0.3, 0.4) is 0 Å². The predicted octanol–water partition coefficient (Wildman–Crippen LogP) is 1.06. The van der Waals surface area contributed by atoms with Crippen LogP contribution in [-0.4, -0.2) is 33.0 Å². The Labute approximate surface area is 153 Å². The minimum Gasteiger partial charge on any atom is -0.497 e. The highest BCUT2D eigenvalue weighted by Crippen LogP contribution is 2.52. The Bertz CT molecular complexity index is 867. The monoisotopic (exact) mass is 346 g/mol. The molecule has 6 nitrogen and oxygen atoms in total. The molecule has 0 bridgehead atoms. The molecule has 0 radical (unpaired) electrons. The Balaban J connectivity index is 2.22. The first-order valence-corrected chi connectivity index (χ1v) is 8.48. The van der Waals surface area contributed by atoms with Gasteiger partial charge in [0.1, 0.15) is 11.7 Å². The summed E-state index contributed by atoms with van der Waals surface area (Å²) in [5.41, 5.74) is -0.0484. The van der Waals surface area contributed by atoms with Crippen molar-refractivity contribution in [3.8, 4) is 24.0 Å². The summed E-state index contributed by atoms with van der Waals surface area (Å²) in [4.78, 5) is 1.26. The van der Waals surface area contributed by atoms with E-state index in [1.165, 1.54) is 4.90 Å². The van der Waals surface area contributed by atoms with Crippen LogP contribution in [0.25, 0.3) is 0 Å². The van der Waals surface area contributed by atoms with Gasteiger partial charge in [0.2, 0.25) is 0 Å². The number of rotatable bonds is 2. The Hall–Kier alpha value is -3.14. The number of hydrogen-bond donors (Lipinski definition) is 2. The van der Waals surface area contributed by atoms with Gasteiger partial charge in [-0.1, -0.05) is 12.1 Å². The standard InChI is InChI=1S/C20H19N5O/c1-25-8-7-15-16(9-21)19(24)20(11-22,12-23)18(17(15)10-25)13-3-5-14(26-2)6-4-13/h3-7,16-18,24H,8,10H2,1-2H3/p+1/t16?,17-,18-/m0/s1. The van der Waals surface area contributed by atoms with Crippen molar-refractivity contribution >= 4 is 5.71 Å². The van der Waals surface area contributed by atoms with Crippen molar-refractivity contribution in [2.24, 2.45) is 17.3 Å². The highest BCUT2D eigenvalue weighted by atomic mass is 16.5. The van der Waals surface area contributed by atoms with Gasteiger partial charge in [-0.15, -0.1) is 0 Å². The summed E-state index contributed by atoms with van der Waals surface area (Å²) in [7, 11) is 3.64. The molecule has 2 aliphatic rings. The first kappa shape index (κ1) is 17.7. The fourth-order valence-electron chi connectivity index (χ4n) is 4.24. The molecule has 0 amide bonds. The van der Waals surface area contributed by atoms with Crippen molar-refractivity contribution in [2.75, 3.05) is 27.2 Å². The van der Waals surface area contributed by atoms with Crippen LogP contribution in [0.5, 0.6) is 5.75 Å². The molecule has 1 aliphatic heterocycles. The summed E-state index contributed by atoms with van der Waals surface area (Å²) in [5.74, 6) is -0.727. The van der Waals surface area contributed by atoms with Gasteiger partial charge in [0.05, 0.1) is 51.2 Å². The molecule has 3 rings (SSSR count). The van der Waals surface area contributed by atoms with Crippen LogP contribution in [0.1, 0.15) is 11.5 Å². The smallest absolute Gasteiger partial charge is 0.189 e. The van der Waals surface area contributed by atoms with Crippen molar-refractivity contribution in [2.45, 2.75) is 5.92 Å². The lowest BCUT2D eigenvalue weighted by Gasteiger charge is -2.46. The molecule has 0 aromatic heterocycles. The molecule has 6 heteroatoms. The van der Waals surface area contributed by atoms with Crippen LogP contribution >= 0.6 is 0 Å². The molecule has 1 aromatic rings. The Morgan fingerprint density at radius 2 is 1.85 bits per heavy atom. The van der Waals surface area contributed by atoms with Gasteiger partial charge in [0, 0.05) is 11.8 Å². The molecule has 1 heterocycles. The summed E-state index contributed by atoms with van der Waals surface area (Å²) in [6, 6.07) is 13.7. The van der Waals surface area contributed by atoms with E-state index in [1.807, 2.05) is 18.2 Å². The number of fused-ring (bicyclic) bond motifs is 1. The molecule has 26 heavy (non-hydrogen) atoms. The van der Waals surface area contributed by atoms with Gasteiger partial charge in [0.15, 0.2) is 5.41 Å². The van der Waals surface area contributed by atoms with E-state index in [4.69, 9.17) is 10.1 Å². The Kier molecular flexibility index (Phi) is 4.51. The number of nitrogens with one attached hydrogen (secondary N) is 2. The zero-order valence-corrected chi connectivity index (χ0v) is 14.8. The fraction of sp³-hybridized carbons (Fsp3) is 0.400. The molecule has 4 atom stereocenters. The van der Waals surface area contributed by atoms with Gasteiger partial charge >= 0.3 is 0 Å². The quantitative estimate of drug-likeness (QED) is 0.780. The molecule has 1 fully saturated rings. The molecule has 0 saturated heterocycles. The Morgan fingerprint density at radius 3 is 2.38 bits per heavy atom. The third-order valence-corrected chi connectivity index (χ3v) is 5.56. The third kappa shape index (κ3) is 2.46. The van der Waals surface area contributed by atoms with Crippen molar-refractivity contribution in [3.05, 3.63) is 41.5 Å². The normalized spacial score (nSPS) is 29.3. The number of ether oxygens (including phenoxy) is 1. The van der Waals surface area contributed by atoms with Crippen molar-refractivity contribution in [1.82, 2.24) is 0 Å². The van der Waals surface area contributed by atoms with Crippen LogP contribution in [-0.2, 0) is 0 Å². The first-order chi connectivity index (χ1) is 12.5. The largest absolute Gasteiger partial charge is 0.497 e. The van der Waals surface area contributed by atoms with Gasteiger partial charge in [0.25, 0.3) is 0 Å². The highest BCUT2D eigenvalue weighted by molar-refractivity contribution is 6.00. The van der Waals surface area contributed by atoms with Crippen LogP contribution < -0.4 is 9.64 Å². The first-order valence-electron chi connectivity index (χ1n) is 8.48. The summed E-state index contributed by atoms with van der Waals surface area (Å²) < 4.78 is 5.21. The fourth-order valence-corrected chi connectivity index (χ4v) is 4.24. The van der Waals surface area contributed by atoms with Gasteiger partial charge in [-0.3, -0.25) is 0 Å². The molecule has 130 valence electrons. The van der Waals surface area contributed by atoms with Crippen LogP contribution in [0.2, 0.25) is 0 Å². The van der Waals surface area contributed by atoms with Crippen molar-refractivity contribution < 1.29 is 9.64 Å². The summed E-state index contributed by atoms with van der Waals surface area (Å²) in [5, 5.41) is 38.1. The molecule has 2 N–H and O–H groups in total. The number of nitrogens with zero attached hydrogens (tertiary/aromatic N) is 3. The van der Waals surface area contributed by atoms with Crippen molar-refractivity contribution in [1.29, 1.82) is 21.2 Å². The maximum atomic E-state index is 9.94. The van der Waals surface area contributed by atoms with Gasteiger partial charge in [-0.2, -0.15) is 15.8 Å². The summed E-state index contributed by atoms with van der Waals surface area (Å²) >= 11 is 0. The minimum absolute atomic E-state index is 0.104. The molecule has 1 aliphatic carbocycles. The second-order valence-corrected chi connectivity index (χ2v) is 6.93. The number of likely N-dealkylation sites (N-methyl/N-ethyl adjacent to an activating group) is 1. The minimum atomic E-state index is -1.64. The molecule has 0 spiro atoms. The summed E-state index contributed by atoms with van der Waals surface area (Å²) in [6.45, 7) is 1.50. The van der Waals surface area contributed by atoms with E-state index in [1.54, 1.807) is 19.2 Å². The average Bonchev–Trinajstić information content (AvgIpc) is 2.67. The molecule has 1 aromatic carbocycles.